The molecule has 1 aromatic rings. The van der Waals surface area contributed by atoms with Gasteiger partial charge in [0.05, 0.1) is 18.1 Å². The standard InChI is InChI=1S/C27H38FN5O4/c1-18(2)30-21-9-6-12-29-23(34)16-27(31-24(35)22-15-20(28)17-33(22)26(21)37)10-13-32(14-11-27)25(36)19-7-4-3-5-8-19/h3-5,7-8,18,20-22,30H,6,9-17H2,1-2H3,(H,29,34)(H,31,35)/t20-,21-,22-/m0/s1. The molecule has 3 aliphatic heterocycles. The van der Waals surface area contributed by atoms with Gasteiger partial charge >= 0.3 is 0 Å². The fraction of sp³-hybridized carbons (Fsp3) is 0.630. The molecular weight excluding hydrogens is 477 g/mol. The van der Waals surface area contributed by atoms with E-state index in [2.05, 4.69) is 16.0 Å². The van der Waals surface area contributed by atoms with Crippen molar-refractivity contribution in [3.63, 3.8) is 0 Å². The van der Waals surface area contributed by atoms with Crippen LogP contribution in [0.15, 0.2) is 30.3 Å². The van der Waals surface area contributed by atoms with Crippen molar-refractivity contribution in [2.24, 2.45) is 0 Å². The van der Waals surface area contributed by atoms with Crippen LogP contribution in [0.5, 0.6) is 0 Å². The first-order chi connectivity index (χ1) is 17.7. The van der Waals surface area contributed by atoms with Crippen LogP contribution in [0.3, 0.4) is 0 Å². The second-order valence-corrected chi connectivity index (χ2v) is 10.8. The van der Waals surface area contributed by atoms with Crippen LogP contribution in [0.1, 0.15) is 62.7 Å². The predicted octanol–water partition coefficient (Wildman–Crippen LogP) is 1.38. The van der Waals surface area contributed by atoms with E-state index in [-0.39, 0.29) is 43.1 Å². The van der Waals surface area contributed by atoms with Crippen LogP contribution in [-0.2, 0) is 14.4 Å². The number of likely N-dealkylation sites (tertiary alicyclic amines) is 1. The molecule has 3 fully saturated rings. The quantitative estimate of drug-likeness (QED) is 0.564. The maximum atomic E-state index is 14.6. The zero-order valence-corrected chi connectivity index (χ0v) is 21.7. The van der Waals surface area contributed by atoms with E-state index in [4.69, 9.17) is 0 Å². The number of nitrogens with one attached hydrogen (secondary N) is 3. The lowest BCUT2D eigenvalue weighted by molar-refractivity contribution is -0.141. The number of alkyl halides is 1. The van der Waals surface area contributed by atoms with E-state index < -0.39 is 29.7 Å². The molecule has 0 aromatic heterocycles. The number of hydrogen-bond acceptors (Lipinski definition) is 5. The smallest absolute Gasteiger partial charge is 0.253 e. The van der Waals surface area contributed by atoms with E-state index in [9.17, 15) is 23.6 Å². The van der Waals surface area contributed by atoms with Crippen molar-refractivity contribution >= 4 is 23.6 Å². The third-order valence-electron chi connectivity index (χ3n) is 7.58. The monoisotopic (exact) mass is 515 g/mol. The number of nitrogens with zero attached hydrogens (tertiary/aromatic N) is 2. The van der Waals surface area contributed by atoms with E-state index >= 15 is 0 Å². The summed E-state index contributed by atoms with van der Waals surface area (Å²) in [5.74, 6) is -0.996. The maximum Gasteiger partial charge on any atom is 0.253 e. The molecule has 3 heterocycles. The minimum absolute atomic E-state index is 0.0299. The van der Waals surface area contributed by atoms with E-state index in [0.29, 0.717) is 50.9 Å². The molecule has 0 radical (unpaired) electrons. The van der Waals surface area contributed by atoms with Crippen LogP contribution < -0.4 is 16.0 Å². The van der Waals surface area contributed by atoms with Crippen LogP contribution in [0.4, 0.5) is 4.39 Å². The molecule has 0 saturated carbocycles. The second-order valence-electron chi connectivity index (χ2n) is 10.8. The van der Waals surface area contributed by atoms with Gasteiger partial charge in [0.25, 0.3) is 5.91 Å². The van der Waals surface area contributed by atoms with Crippen LogP contribution >= 0.6 is 0 Å². The minimum atomic E-state index is -1.28. The van der Waals surface area contributed by atoms with E-state index in [1.54, 1.807) is 17.0 Å². The molecule has 1 spiro atoms. The largest absolute Gasteiger partial charge is 0.356 e. The van der Waals surface area contributed by atoms with E-state index in [1.807, 2.05) is 32.0 Å². The summed E-state index contributed by atoms with van der Waals surface area (Å²) in [6.07, 6.45) is 0.557. The highest BCUT2D eigenvalue weighted by molar-refractivity contribution is 5.94. The Kier molecular flexibility index (Phi) is 8.46. The predicted molar refractivity (Wildman–Crippen MR) is 136 cm³/mol. The normalized spacial score (nSPS) is 27.1. The number of piperidine rings is 1. The molecule has 0 bridgehead atoms. The number of amides is 4. The molecule has 9 nitrogen and oxygen atoms in total. The van der Waals surface area contributed by atoms with Gasteiger partial charge in [-0.1, -0.05) is 32.0 Å². The lowest BCUT2D eigenvalue weighted by Gasteiger charge is -2.43. The molecule has 3 N–H and O–H groups in total. The summed E-state index contributed by atoms with van der Waals surface area (Å²) in [6.45, 7) is 4.90. The molecule has 4 rings (SSSR count). The summed E-state index contributed by atoms with van der Waals surface area (Å²) in [5, 5.41) is 9.22. The topological polar surface area (TPSA) is 111 Å². The Hall–Kier alpha value is -3.01. The molecule has 3 saturated heterocycles. The first-order valence-corrected chi connectivity index (χ1v) is 13.3. The molecule has 3 aliphatic rings. The van der Waals surface area contributed by atoms with E-state index in [1.165, 1.54) is 4.90 Å². The van der Waals surface area contributed by atoms with Gasteiger partial charge in [-0.05, 0) is 37.8 Å². The van der Waals surface area contributed by atoms with Gasteiger partial charge < -0.3 is 25.8 Å². The van der Waals surface area contributed by atoms with Crippen molar-refractivity contribution < 1.29 is 23.6 Å². The number of hydrogen-bond donors (Lipinski definition) is 3. The zero-order chi connectivity index (χ0) is 26.6. The van der Waals surface area contributed by atoms with Gasteiger partial charge in [-0.2, -0.15) is 0 Å². The summed E-state index contributed by atoms with van der Waals surface area (Å²) in [7, 11) is 0. The average Bonchev–Trinajstić information content (AvgIpc) is 3.27. The van der Waals surface area contributed by atoms with Crippen LogP contribution in [0.2, 0.25) is 0 Å². The first kappa shape index (κ1) is 27.0. The number of benzene rings is 1. The van der Waals surface area contributed by atoms with Gasteiger partial charge in [0.15, 0.2) is 0 Å². The van der Waals surface area contributed by atoms with Crippen LogP contribution in [0, 0.1) is 0 Å². The van der Waals surface area contributed by atoms with E-state index in [0.717, 1.165) is 0 Å². The molecule has 1 aromatic carbocycles. The van der Waals surface area contributed by atoms with Crippen molar-refractivity contribution in [1.82, 2.24) is 25.8 Å². The van der Waals surface area contributed by atoms with Gasteiger partial charge in [0, 0.05) is 44.1 Å². The molecular formula is C27H38FN5O4. The fourth-order valence-electron chi connectivity index (χ4n) is 5.65. The zero-order valence-electron chi connectivity index (χ0n) is 21.7. The molecule has 3 atom stereocenters. The molecule has 0 unspecified atom stereocenters. The number of carbonyl (C=O) groups is 4. The number of carbonyl (C=O) groups excluding carboxylic acids is 4. The van der Waals surface area contributed by atoms with Gasteiger partial charge in [-0.25, -0.2) is 4.39 Å². The Bertz CT molecular complexity index is 996. The Labute approximate surface area is 217 Å². The Morgan fingerprint density at radius 3 is 2.51 bits per heavy atom. The Balaban J connectivity index is 1.54. The lowest BCUT2D eigenvalue weighted by atomic mass is 9.83. The summed E-state index contributed by atoms with van der Waals surface area (Å²) in [6, 6.07) is 7.55. The number of rotatable bonds is 3. The Morgan fingerprint density at radius 2 is 1.84 bits per heavy atom. The highest BCUT2D eigenvalue weighted by atomic mass is 19.1. The third-order valence-corrected chi connectivity index (χ3v) is 7.58. The molecule has 0 aliphatic carbocycles. The third kappa shape index (κ3) is 6.47. The number of halogens is 1. The lowest BCUT2D eigenvalue weighted by Crippen LogP contribution is -2.61. The first-order valence-electron chi connectivity index (χ1n) is 13.3. The number of fused-ring (bicyclic) bond motifs is 1. The molecule has 37 heavy (non-hydrogen) atoms. The summed E-state index contributed by atoms with van der Waals surface area (Å²) >= 11 is 0. The van der Waals surface area contributed by atoms with Crippen molar-refractivity contribution in [3.05, 3.63) is 35.9 Å². The van der Waals surface area contributed by atoms with Crippen molar-refractivity contribution in [2.45, 2.75) is 82.2 Å². The minimum Gasteiger partial charge on any atom is -0.356 e. The SMILES string of the molecule is CC(C)N[C@H]1CCCNC(=O)CC2(CCN(C(=O)c3ccccc3)CC2)NC(=O)[C@@H]2C[C@H](F)CN2C1=O. The highest BCUT2D eigenvalue weighted by Crippen LogP contribution is 2.30. The van der Waals surface area contributed by atoms with Crippen LogP contribution in [-0.4, -0.2) is 89.4 Å². The summed E-state index contributed by atoms with van der Waals surface area (Å²) in [5.41, 5.74) is -0.282. The summed E-state index contributed by atoms with van der Waals surface area (Å²) in [4.78, 5) is 55.9. The fourth-order valence-corrected chi connectivity index (χ4v) is 5.65. The van der Waals surface area contributed by atoms with Crippen molar-refractivity contribution in [2.75, 3.05) is 26.2 Å². The molecule has 4 amide bonds. The highest BCUT2D eigenvalue weighted by Gasteiger charge is 2.46. The average molecular weight is 516 g/mol. The maximum absolute atomic E-state index is 14.6. The van der Waals surface area contributed by atoms with Gasteiger partial charge in [0.1, 0.15) is 12.2 Å². The molecule has 10 heteroatoms. The molecule has 202 valence electrons. The van der Waals surface area contributed by atoms with Gasteiger partial charge in [-0.3, -0.25) is 19.2 Å². The second kappa shape index (κ2) is 11.6. The van der Waals surface area contributed by atoms with Crippen molar-refractivity contribution in [3.8, 4) is 0 Å². The van der Waals surface area contributed by atoms with Gasteiger partial charge in [0.2, 0.25) is 17.7 Å². The van der Waals surface area contributed by atoms with Crippen molar-refractivity contribution in [1.29, 1.82) is 0 Å². The Morgan fingerprint density at radius 1 is 1.14 bits per heavy atom. The van der Waals surface area contributed by atoms with Gasteiger partial charge in [-0.15, -0.1) is 0 Å². The van der Waals surface area contributed by atoms with Crippen LogP contribution in [0.25, 0.3) is 0 Å². The summed E-state index contributed by atoms with van der Waals surface area (Å²) < 4.78 is 14.6.